The molecule has 4 aromatic carbocycles. The molecule has 0 radical (unpaired) electrons. The topological polar surface area (TPSA) is 93.7 Å². The molecule has 0 unspecified atom stereocenters. The summed E-state index contributed by atoms with van der Waals surface area (Å²) in [6.07, 6.45) is 0.839. The fourth-order valence-electron chi connectivity index (χ4n) is 4.43. The van der Waals surface area contributed by atoms with Gasteiger partial charge in [-0.25, -0.2) is 9.18 Å². The predicted octanol–water partition coefficient (Wildman–Crippen LogP) is 5.38. The van der Waals surface area contributed by atoms with Gasteiger partial charge in [0, 0.05) is 29.7 Å². The van der Waals surface area contributed by atoms with E-state index in [1.165, 1.54) is 13.2 Å². The quantitative estimate of drug-likeness (QED) is 0.121. The molecule has 0 heterocycles. The molecule has 0 aliphatic rings. The Balaban J connectivity index is 1.29. The number of rotatable bonds is 14. The van der Waals surface area contributed by atoms with Gasteiger partial charge >= 0.3 is 5.97 Å². The molecule has 0 aromatic heterocycles. The summed E-state index contributed by atoms with van der Waals surface area (Å²) in [4.78, 5) is 37.9. The zero-order valence-corrected chi connectivity index (χ0v) is 23.3. The van der Waals surface area contributed by atoms with Crippen LogP contribution in [0.2, 0.25) is 0 Å². The number of aryl methyl sites for hydroxylation is 1. The van der Waals surface area contributed by atoms with Gasteiger partial charge in [-0.2, -0.15) is 0 Å². The van der Waals surface area contributed by atoms with Crippen molar-refractivity contribution in [3.8, 4) is 5.75 Å². The second-order valence-electron chi connectivity index (χ2n) is 9.60. The monoisotopic (exact) mass is 568 g/mol. The zero-order chi connectivity index (χ0) is 29.7. The summed E-state index contributed by atoms with van der Waals surface area (Å²) in [6, 6.07) is 29.0. The molecular weight excluding hydrogens is 535 g/mol. The van der Waals surface area contributed by atoms with Crippen LogP contribution in [0.4, 0.5) is 10.1 Å². The zero-order valence-electron chi connectivity index (χ0n) is 23.3. The van der Waals surface area contributed by atoms with Gasteiger partial charge in [-0.05, 0) is 47.9 Å². The molecule has 0 bridgehead atoms. The van der Waals surface area contributed by atoms with Crippen LogP contribution in [0, 0.1) is 5.82 Å². The van der Waals surface area contributed by atoms with Gasteiger partial charge in [0.05, 0.1) is 13.7 Å². The minimum atomic E-state index is -0.730. The number of amides is 1. The van der Waals surface area contributed by atoms with Crippen molar-refractivity contribution < 1.29 is 28.2 Å². The van der Waals surface area contributed by atoms with Crippen LogP contribution in [-0.2, 0) is 27.2 Å². The number of hydrogen-bond acceptors (Lipinski definition) is 6. The molecule has 1 atom stereocenters. The lowest BCUT2D eigenvalue weighted by molar-refractivity contribution is -0.141. The third-order valence-corrected chi connectivity index (χ3v) is 6.66. The number of ketones is 1. The molecule has 42 heavy (non-hydrogen) atoms. The maximum Gasteiger partial charge on any atom is 0.328 e. The molecule has 7 nitrogen and oxygen atoms in total. The van der Waals surface area contributed by atoms with Gasteiger partial charge in [0.2, 0.25) is 5.91 Å². The van der Waals surface area contributed by atoms with Crippen LogP contribution >= 0.6 is 0 Å². The first-order valence-electron chi connectivity index (χ1n) is 13.7. The molecule has 2 N–H and O–H groups in total. The predicted molar refractivity (Wildman–Crippen MR) is 159 cm³/mol. The summed E-state index contributed by atoms with van der Waals surface area (Å²) in [7, 11) is 1.33. The molecular formula is C34H33FN2O5. The fraction of sp³-hybridized carbons (Fsp3) is 0.206. The average Bonchev–Trinajstić information content (AvgIpc) is 3.03. The smallest absolute Gasteiger partial charge is 0.328 e. The Kier molecular flexibility index (Phi) is 10.8. The highest BCUT2D eigenvalue weighted by molar-refractivity contribution is 6.12. The highest BCUT2D eigenvalue weighted by Gasteiger charge is 2.22. The van der Waals surface area contributed by atoms with Gasteiger partial charge in [-0.3, -0.25) is 9.59 Å². The first kappa shape index (κ1) is 30.0. The number of benzene rings is 4. The van der Waals surface area contributed by atoms with E-state index in [-0.39, 0.29) is 30.5 Å². The SMILES string of the molecule is COC(=O)[C@H](Cc1ccc(OCCNC(=O)CCc2ccccc2F)cc1)Nc1ccccc1C(=O)c1ccccc1. The number of halogens is 1. The van der Waals surface area contributed by atoms with E-state index in [0.717, 1.165) is 5.56 Å². The van der Waals surface area contributed by atoms with Crippen molar-refractivity contribution in [2.45, 2.75) is 25.3 Å². The molecule has 4 rings (SSSR count). The second-order valence-corrected chi connectivity index (χ2v) is 9.60. The maximum absolute atomic E-state index is 13.7. The number of methoxy groups -OCH3 is 1. The molecule has 0 saturated heterocycles. The van der Waals surface area contributed by atoms with Crippen LogP contribution in [0.15, 0.2) is 103 Å². The van der Waals surface area contributed by atoms with Crippen LogP contribution in [0.25, 0.3) is 0 Å². The third kappa shape index (κ3) is 8.51. The van der Waals surface area contributed by atoms with Gasteiger partial charge in [-0.15, -0.1) is 0 Å². The molecule has 0 fully saturated rings. The molecule has 0 spiro atoms. The van der Waals surface area contributed by atoms with Crippen LogP contribution in [-0.4, -0.2) is 44.0 Å². The Hall–Kier alpha value is -4.98. The number of hydrogen-bond donors (Lipinski definition) is 2. The standard InChI is InChI=1S/C34H33FN2O5/c1-41-34(40)31(37-30-14-8-6-12-28(30)33(39)26-10-3-2-4-11-26)23-24-15-18-27(19-16-24)42-22-21-36-32(38)20-17-25-9-5-7-13-29(25)35/h2-16,18-19,31,37H,17,20-23H2,1H3,(H,36,38)/t31-/m0/s1. The van der Waals surface area contributed by atoms with Crippen molar-refractivity contribution in [1.29, 1.82) is 0 Å². The van der Waals surface area contributed by atoms with Crippen LogP contribution < -0.4 is 15.4 Å². The van der Waals surface area contributed by atoms with E-state index in [1.807, 2.05) is 18.2 Å². The second kappa shape index (κ2) is 15.1. The van der Waals surface area contributed by atoms with Crippen molar-refractivity contribution in [3.05, 3.63) is 131 Å². The summed E-state index contributed by atoms with van der Waals surface area (Å²) in [6.45, 7) is 0.580. The minimum Gasteiger partial charge on any atom is -0.492 e. The molecule has 1 amide bonds. The lowest BCUT2D eigenvalue weighted by atomic mass is 10.00. The lowest BCUT2D eigenvalue weighted by Crippen LogP contribution is -2.33. The Morgan fingerprint density at radius 2 is 1.52 bits per heavy atom. The summed E-state index contributed by atoms with van der Waals surface area (Å²) in [5.41, 5.74) is 2.93. The first-order valence-corrected chi connectivity index (χ1v) is 13.7. The summed E-state index contributed by atoms with van der Waals surface area (Å²) in [5, 5.41) is 5.98. The fourth-order valence-corrected chi connectivity index (χ4v) is 4.43. The average molecular weight is 569 g/mol. The van der Waals surface area contributed by atoms with E-state index in [2.05, 4.69) is 10.6 Å². The van der Waals surface area contributed by atoms with E-state index >= 15 is 0 Å². The third-order valence-electron chi connectivity index (χ3n) is 6.66. The van der Waals surface area contributed by atoms with Crippen molar-refractivity contribution in [2.75, 3.05) is 25.6 Å². The summed E-state index contributed by atoms with van der Waals surface area (Å²) < 4.78 is 24.5. The van der Waals surface area contributed by atoms with E-state index in [4.69, 9.17) is 9.47 Å². The lowest BCUT2D eigenvalue weighted by Gasteiger charge is -2.20. The Labute approximate surface area is 244 Å². The van der Waals surface area contributed by atoms with Crippen molar-refractivity contribution in [1.82, 2.24) is 5.32 Å². The first-order chi connectivity index (χ1) is 20.4. The number of anilines is 1. The number of carbonyl (C=O) groups excluding carboxylic acids is 3. The van der Waals surface area contributed by atoms with E-state index < -0.39 is 12.0 Å². The van der Waals surface area contributed by atoms with E-state index in [9.17, 15) is 18.8 Å². The van der Waals surface area contributed by atoms with Gasteiger partial charge in [0.15, 0.2) is 5.78 Å². The number of para-hydroxylation sites is 1. The Morgan fingerprint density at radius 1 is 0.833 bits per heavy atom. The number of carbonyl (C=O) groups is 3. The van der Waals surface area contributed by atoms with Crippen LogP contribution in [0.3, 0.4) is 0 Å². The Morgan fingerprint density at radius 3 is 2.26 bits per heavy atom. The number of nitrogens with one attached hydrogen (secondary N) is 2. The summed E-state index contributed by atoms with van der Waals surface area (Å²) >= 11 is 0. The molecule has 8 heteroatoms. The molecule has 0 saturated carbocycles. The highest BCUT2D eigenvalue weighted by Crippen LogP contribution is 2.22. The van der Waals surface area contributed by atoms with Crippen LogP contribution in [0.5, 0.6) is 5.75 Å². The van der Waals surface area contributed by atoms with Gasteiger partial charge < -0.3 is 20.1 Å². The van der Waals surface area contributed by atoms with Crippen molar-refractivity contribution in [2.24, 2.45) is 0 Å². The van der Waals surface area contributed by atoms with Crippen LogP contribution in [0.1, 0.15) is 33.5 Å². The molecule has 216 valence electrons. The van der Waals surface area contributed by atoms with E-state index in [0.29, 0.717) is 47.5 Å². The van der Waals surface area contributed by atoms with E-state index in [1.54, 1.807) is 78.9 Å². The molecule has 4 aromatic rings. The van der Waals surface area contributed by atoms with Gasteiger partial charge in [0.1, 0.15) is 24.2 Å². The van der Waals surface area contributed by atoms with Gasteiger partial charge in [0.25, 0.3) is 0 Å². The number of esters is 1. The number of ether oxygens (including phenoxy) is 2. The van der Waals surface area contributed by atoms with Crippen molar-refractivity contribution >= 4 is 23.3 Å². The van der Waals surface area contributed by atoms with Gasteiger partial charge in [-0.1, -0.05) is 72.8 Å². The molecule has 0 aliphatic carbocycles. The highest BCUT2D eigenvalue weighted by atomic mass is 19.1. The Bertz CT molecular complexity index is 1490. The molecule has 0 aliphatic heterocycles. The normalized spacial score (nSPS) is 11.3. The van der Waals surface area contributed by atoms with Crippen molar-refractivity contribution in [3.63, 3.8) is 0 Å². The maximum atomic E-state index is 13.7. The largest absolute Gasteiger partial charge is 0.492 e. The summed E-state index contributed by atoms with van der Waals surface area (Å²) in [5.74, 6) is -0.479. The minimum absolute atomic E-state index is 0.148.